The number of hydrogen-bond acceptors (Lipinski definition) is 16. The number of aliphatic hydroxyl groups is 6. The Bertz CT molecular complexity index is 2070. The summed E-state index contributed by atoms with van der Waals surface area (Å²) in [6.07, 6.45) is 9.27. The molecule has 6 aliphatic carbocycles. The molecule has 16 nitrogen and oxygen atoms in total. The largest absolute Gasteiger partial charge is 0.504 e. The molecule has 10 N–H and O–H groups in total. The first-order valence-electron chi connectivity index (χ1n) is 24.1. The van der Waals surface area contributed by atoms with Gasteiger partial charge in [0.25, 0.3) is 0 Å². The number of aromatic hydroxyl groups is 2. The van der Waals surface area contributed by atoms with E-state index >= 15 is 0 Å². The minimum absolute atomic E-state index is 0.0156. The van der Waals surface area contributed by atoms with Crippen LogP contribution in [0.5, 0.6) is 23.0 Å². The smallest absolute Gasteiger partial charge is 0.178 e. The molecule has 352 valence electrons. The van der Waals surface area contributed by atoms with Crippen molar-refractivity contribution in [2.45, 2.75) is 148 Å². The summed E-state index contributed by atoms with van der Waals surface area (Å²) in [5, 5.41) is 82.0. The van der Waals surface area contributed by atoms with Gasteiger partial charge in [-0.3, -0.25) is 14.7 Å². The Morgan fingerprint density at radius 1 is 0.641 bits per heavy atom. The van der Waals surface area contributed by atoms with Gasteiger partial charge in [0.15, 0.2) is 35.6 Å². The Kier molecular flexibility index (Phi) is 11.0. The van der Waals surface area contributed by atoms with Gasteiger partial charge in [-0.05, 0) is 125 Å². The number of ether oxygens (including phenoxy) is 4. The summed E-state index contributed by atoms with van der Waals surface area (Å²) in [5.74, 6) is 3.07. The second kappa shape index (κ2) is 16.2. The van der Waals surface area contributed by atoms with Crippen LogP contribution in [-0.2, 0) is 33.1 Å². The Morgan fingerprint density at radius 3 is 1.58 bits per heavy atom. The van der Waals surface area contributed by atoms with Gasteiger partial charge in [-0.25, -0.2) is 0 Å². The van der Waals surface area contributed by atoms with Crippen LogP contribution in [-0.4, -0.2) is 181 Å². The molecule has 5 heterocycles. The molecule has 4 saturated carbocycles. The fourth-order valence-electron chi connectivity index (χ4n) is 14.5. The Balaban J connectivity index is 0.000000124. The number of rotatable bonds is 9. The summed E-state index contributed by atoms with van der Waals surface area (Å²) in [7, 11) is 0. The van der Waals surface area contributed by atoms with Gasteiger partial charge in [0.1, 0.15) is 25.4 Å². The lowest BCUT2D eigenvalue weighted by Crippen LogP contribution is -2.78. The average Bonchev–Trinajstić information content (AvgIpc) is 4.21. The number of phenols is 2. The van der Waals surface area contributed by atoms with Crippen molar-refractivity contribution in [3.8, 4) is 23.0 Å². The molecule has 5 aliphatic heterocycles. The van der Waals surface area contributed by atoms with Crippen LogP contribution in [0.1, 0.15) is 86.5 Å². The topological polar surface area (TPSA) is 234 Å². The van der Waals surface area contributed by atoms with Crippen LogP contribution >= 0.6 is 0 Å². The Morgan fingerprint density at radius 2 is 1.11 bits per heavy atom. The summed E-state index contributed by atoms with van der Waals surface area (Å²) in [6.45, 7) is 5.18. The van der Waals surface area contributed by atoms with Gasteiger partial charge in [0.05, 0.1) is 35.2 Å². The van der Waals surface area contributed by atoms with Gasteiger partial charge < -0.3 is 65.5 Å². The summed E-state index contributed by atoms with van der Waals surface area (Å²) < 4.78 is 22.0. The molecule has 2 spiro atoms. The van der Waals surface area contributed by atoms with Crippen molar-refractivity contribution in [3.05, 3.63) is 46.5 Å². The zero-order chi connectivity index (χ0) is 44.3. The second-order valence-electron chi connectivity index (χ2n) is 20.9. The van der Waals surface area contributed by atoms with E-state index in [4.69, 9.17) is 25.4 Å². The van der Waals surface area contributed by atoms with Crippen LogP contribution in [0.25, 0.3) is 0 Å². The van der Waals surface area contributed by atoms with Gasteiger partial charge in [0.2, 0.25) is 0 Å². The van der Waals surface area contributed by atoms with Gasteiger partial charge in [0, 0.05) is 61.5 Å². The Labute approximate surface area is 374 Å². The zero-order valence-corrected chi connectivity index (χ0v) is 36.8. The van der Waals surface area contributed by atoms with Gasteiger partial charge in [-0.1, -0.05) is 12.1 Å². The molecule has 7 fully saturated rings. The molecule has 0 aromatic heterocycles. The van der Waals surface area contributed by atoms with E-state index in [0.29, 0.717) is 31.0 Å². The van der Waals surface area contributed by atoms with Crippen LogP contribution in [0.15, 0.2) is 24.3 Å². The van der Waals surface area contributed by atoms with Crippen molar-refractivity contribution >= 4 is 0 Å². The number of hydrogen-bond donors (Lipinski definition) is 9. The van der Waals surface area contributed by atoms with E-state index in [1.807, 2.05) is 12.1 Å². The number of likely N-dealkylation sites (tertiary alicyclic amines) is 2. The molecule has 4 unspecified atom stereocenters. The lowest BCUT2D eigenvalue weighted by molar-refractivity contribution is -0.263. The number of phenolic OH excluding ortho intramolecular Hbond substituents is 2. The highest BCUT2D eigenvalue weighted by atomic mass is 16.7. The van der Waals surface area contributed by atoms with E-state index < -0.39 is 34.6 Å². The van der Waals surface area contributed by atoms with E-state index in [9.17, 15) is 30.6 Å². The number of aliphatic hydroxyl groups excluding tert-OH is 4. The third-order valence-electron chi connectivity index (χ3n) is 17.6. The predicted molar refractivity (Wildman–Crippen MR) is 231 cm³/mol. The van der Waals surface area contributed by atoms with Crippen molar-refractivity contribution < 1.29 is 59.8 Å². The molecule has 13 rings (SSSR count). The van der Waals surface area contributed by atoms with E-state index in [0.717, 1.165) is 94.1 Å². The number of nitrogens with zero attached hydrogens (tertiary/aromatic N) is 3. The van der Waals surface area contributed by atoms with E-state index in [2.05, 4.69) is 24.2 Å². The Hall–Kier alpha value is -2.84. The van der Waals surface area contributed by atoms with Crippen LogP contribution in [0.2, 0.25) is 0 Å². The minimum Gasteiger partial charge on any atom is -0.504 e. The SMILES string of the molecule is N[C@H]1CC[C@]2(O)C3Cc4ccc(O)c5c4[C@]2(CCN3CC2CC2)[C@@H]1O5.OC1COC(O)CO1.OCCN(CCO)[C@H]1CC[C@]2(O)C3Cc4ccc(O)c5c4[C@]2(CCN3CC2CC2)[C@@H]1O5. The van der Waals surface area contributed by atoms with Gasteiger partial charge >= 0.3 is 0 Å². The predicted octanol–water partition coefficient (Wildman–Crippen LogP) is 0.565. The lowest BCUT2D eigenvalue weighted by atomic mass is 9.48. The first-order chi connectivity index (χ1) is 30.9. The normalized spacial score (nSPS) is 40.8. The molecule has 2 aromatic carbocycles. The van der Waals surface area contributed by atoms with Crippen LogP contribution in [0, 0.1) is 11.8 Å². The number of benzene rings is 2. The maximum Gasteiger partial charge on any atom is 0.178 e. The van der Waals surface area contributed by atoms with Crippen molar-refractivity contribution in [1.29, 1.82) is 0 Å². The first kappa shape index (κ1) is 43.7. The number of nitrogens with two attached hydrogens (primary N) is 1. The van der Waals surface area contributed by atoms with Crippen LogP contribution in [0.4, 0.5) is 0 Å². The molecular formula is C48H68N4O12. The van der Waals surface area contributed by atoms with Crippen molar-refractivity contribution in [2.24, 2.45) is 17.6 Å². The van der Waals surface area contributed by atoms with Crippen LogP contribution in [0.3, 0.4) is 0 Å². The minimum atomic E-state index is -0.891. The second-order valence-corrected chi connectivity index (χ2v) is 20.9. The molecule has 2 aromatic rings. The van der Waals surface area contributed by atoms with Gasteiger partial charge in [-0.15, -0.1) is 0 Å². The van der Waals surface area contributed by atoms with Crippen molar-refractivity contribution in [1.82, 2.24) is 14.7 Å². The van der Waals surface area contributed by atoms with Crippen molar-refractivity contribution in [3.63, 3.8) is 0 Å². The lowest BCUT2D eigenvalue weighted by Gasteiger charge is -2.65. The molecule has 12 atom stereocenters. The third kappa shape index (κ3) is 6.52. The maximum absolute atomic E-state index is 12.4. The molecular weight excluding hydrogens is 825 g/mol. The molecule has 64 heavy (non-hydrogen) atoms. The average molecular weight is 893 g/mol. The quantitative estimate of drug-likeness (QED) is 0.167. The highest BCUT2D eigenvalue weighted by Crippen LogP contribution is 2.67. The zero-order valence-electron chi connectivity index (χ0n) is 36.8. The molecule has 4 bridgehead atoms. The number of piperidine rings is 2. The highest BCUT2D eigenvalue weighted by Gasteiger charge is 2.74. The molecule has 11 aliphatic rings. The van der Waals surface area contributed by atoms with Gasteiger partial charge in [-0.2, -0.15) is 0 Å². The van der Waals surface area contributed by atoms with E-state index in [1.165, 1.54) is 36.8 Å². The van der Waals surface area contributed by atoms with E-state index in [1.54, 1.807) is 12.1 Å². The first-order valence-corrected chi connectivity index (χ1v) is 24.1. The molecule has 3 saturated heterocycles. The standard InChI is InChI=1S/C24H34N2O5.C20H26N2O3.C4H8O4/c27-11-9-25(10-12-28)17-5-6-24(30)19-13-16-3-4-18(29)21-20(16)23(24,22(17)31-21)7-8-26(19)14-15-1-2-15;21-13-5-6-20(24)15-9-12-3-4-14(23)17-16(12)19(20,18(13)25-17)7-8-22(15)10-11-1-2-11;5-3-1-7-4(6)2-8-3/h3-4,15,17,19,22,27-30H,1-2,5-14H2;3-4,11,13,15,18,23-24H,1-2,5-10,21H2;3-6H,1-2H2/t17-,19?,22+,23+,24-;13-,15?,18+,19+,20-;/m00./s1. The van der Waals surface area contributed by atoms with E-state index in [-0.39, 0.29) is 74.3 Å². The summed E-state index contributed by atoms with van der Waals surface area (Å²) in [4.78, 5) is 7.19. The third-order valence-corrected chi connectivity index (χ3v) is 17.6. The molecule has 0 radical (unpaired) electrons. The molecule has 16 heteroatoms. The highest BCUT2D eigenvalue weighted by molar-refractivity contribution is 5.64. The summed E-state index contributed by atoms with van der Waals surface area (Å²) in [5.41, 5.74) is 8.31. The van der Waals surface area contributed by atoms with Crippen molar-refractivity contribution in [2.75, 3.05) is 65.7 Å². The maximum atomic E-state index is 12.4. The fraction of sp³-hybridized carbons (Fsp3) is 0.750. The summed E-state index contributed by atoms with van der Waals surface area (Å²) in [6, 6.07) is 7.65. The fourth-order valence-corrected chi connectivity index (χ4v) is 14.5. The monoisotopic (exact) mass is 892 g/mol. The summed E-state index contributed by atoms with van der Waals surface area (Å²) >= 11 is 0. The molecule has 0 amide bonds. The van der Waals surface area contributed by atoms with Crippen LogP contribution < -0.4 is 15.2 Å².